The number of hydrogen-bond donors (Lipinski definition) is 2. The maximum atomic E-state index is 11.2. The molecule has 26 heavy (non-hydrogen) atoms. The molecule has 0 spiro atoms. The van der Waals surface area contributed by atoms with Crippen molar-refractivity contribution in [3.05, 3.63) is 23.3 Å². The quantitative estimate of drug-likeness (QED) is 0.235. The Morgan fingerprint density at radius 1 is 1.15 bits per heavy atom. The summed E-state index contributed by atoms with van der Waals surface area (Å²) < 4.78 is 5.15. The van der Waals surface area contributed by atoms with Gasteiger partial charge in [-0.1, -0.05) is 51.2 Å². The number of carbonyl (C=O) groups is 2. The Morgan fingerprint density at radius 3 is 2.38 bits per heavy atom. The van der Waals surface area contributed by atoms with E-state index in [2.05, 4.69) is 20.8 Å². The van der Waals surface area contributed by atoms with E-state index in [1.807, 2.05) is 13.0 Å². The van der Waals surface area contributed by atoms with E-state index in [0.29, 0.717) is 11.8 Å². The van der Waals surface area contributed by atoms with Gasteiger partial charge in [0.2, 0.25) is 0 Å². The second kappa shape index (κ2) is 11.2. The Morgan fingerprint density at radius 2 is 1.81 bits per heavy atom. The zero-order valence-corrected chi connectivity index (χ0v) is 16.5. The highest BCUT2D eigenvalue weighted by Gasteiger charge is 2.44. The smallest absolute Gasteiger partial charge is 0.328 e. The molecule has 0 radical (unpaired) electrons. The van der Waals surface area contributed by atoms with Crippen LogP contribution in [-0.4, -0.2) is 34.9 Å². The van der Waals surface area contributed by atoms with Crippen molar-refractivity contribution in [2.75, 3.05) is 6.61 Å². The molecule has 0 aromatic heterocycles. The van der Waals surface area contributed by atoms with E-state index < -0.39 is 5.97 Å². The van der Waals surface area contributed by atoms with E-state index in [0.717, 1.165) is 37.7 Å². The third-order valence-corrected chi connectivity index (χ3v) is 5.06. The summed E-state index contributed by atoms with van der Waals surface area (Å²) in [7, 11) is 0. The summed E-state index contributed by atoms with van der Waals surface area (Å²) in [6.07, 6.45) is 9.65. The highest BCUT2D eigenvalue weighted by molar-refractivity contribution is 5.81. The molecule has 0 aliphatic carbocycles. The van der Waals surface area contributed by atoms with E-state index in [1.165, 1.54) is 18.1 Å². The molecule has 2 N–H and O–H groups in total. The first-order valence-electron chi connectivity index (χ1n) is 9.64. The second-order valence-corrected chi connectivity index (χ2v) is 7.83. The number of ether oxygens (including phenoxy) is 1. The zero-order valence-electron chi connectivity index (χ0n) is 16.5. The molecule has 148 valence electrons. The molecule has 0 amide bonds. The maximum Gasteiger partial charge on any atom is 0.328 e. The fraction of sp³-hybridized carbons (Fsp3) is 0.714. The Balaban J connectivity index is 2.18. The van der Waals surface area contributed by atoms with Gasteiger partial charge in [-0.05, 0) is 44.1 Å². The Hall–Kier alpha value is -1.62. The third-order valence-electron chi connectivity index (χ3n) is 5.06. The molecule has 5 nitrogen and oxygen atoms in total. The number of carbonyl (C=O) groups excluding carboxylic acids is 1. The standard InChI is InChI=1S/C21H34O5/c1-14(10-15(2)11-16(3)12-19(23)24)8-6-5-7-9-17(4)20-18(13-22)21(25)26-20/h11-12,14,17-18,20,22H,5-10,13H2,1-4H3,(H,23,24). The molecule has 5 heteroatoms. The van der Waals surface area contributed by atoms with Crippen molar-refractivity contribution in [2.24, 2.45) is 17.8 Å². The van der Waals surface area contributed by atoms with Gasteiger partial charge in [0.25, 0.3) is 0 Å². The van der Waals surface area contributed by atoms with E-state index >= 15 is 0 Å². The average molecular weight is 366 g/mol. The fourth-order valence-corrected chi connectivity index (χ4v) is 3.69. The van der Waals surface area contributed by atoms with Crippen LogP contribution >= 0.6 is 0 Å². The van der Waals surface area contributed by atoms with E-state index in [1.54, 1.807) is 0 Å². The van der Waals surface area contributed by atoms with Crippen molar-refractivity contribution in [3.63, 3.8) is 0 Å². The van der Waals surface area contributed by atoms with Gasteiger partial charge >= 0.3 is 11.9 Å². The summed E-state index contributed by atoms with van der Waals surface area (Å²) in [6.45, 7) is 8.07. The van der Waals surface area contributed by atoms with Crippen molar-refractivity contribution in [2.45, 2.75) is 72.3 Å². The summed E-state index contributed by atoms with van der Waals surface area (Å²) in [5.74, 6) is -0.617. The fourth-order valence-electron chi connectivity index (χ4n) is 3.69. The van der Waals surface area contributed by atoms with Crippen LogP contribution in [0.25, 0.3) is 0 Å². The van der Waals surface area contributed by atoms with Gasteiger partial charge < -0.3 is 14.9 Å². The number of hydrogen-bond acceptors (Lipinski definition) is 4. The highest BCUT2D eigenvalue weighted by atomic mass is 16.6. The molecular weight excluding hydrogens is 332 g/mol. The molecule has 4 atom stereocenters. The molecule has 1 fully saturated rings. The predicted molar refractivity (Wildman–Crippen MR) is 102 cm³/mol. The average Bonchev–Trinajstić information content (AvgIpc) is 2.51. The topological polar surface area (TPSA) is 83.8 Å². The molecule has 0 saturated carbocycles. The van der Waals surface area contributed by atoms with Gasteiger partial charge in [-0.3, -0.25) is 4.79 Å². The van der Waals surface area contributed by atoms with Crippen LogP contribution in [0, 0.1) is 17.8 Å². The van der Waals surface area contributed by atoms with Gasteiger partial charge in [-0.25, -0.2) is 4.79 Å². The number of aliphatic hydroxyl groups excluding tert-OH is 1. The molecule has 1 aliphatic rings. The predicted octanol–water partition coefficient (Wildman–Crippen LogP) is 4.11. The lowest BCUT2D eigenvalue weighted by atomic mass is 9.84. The largest absolute Gasteiger partial charge is 0.478 e. The first kappa shape index (κ1) is 22.4. The Bertz CT molecular complexity index is 535. The first-order valence-corrected chi connectivity index (χ1v) is 9.64. The minimum Gasteiger partial charge on any atom is -0.478 e. The molecule has 1 saturated heterocycles. The van der Waals surface area contributed by atoms with Crippen LogP contribution in [0.5, 0.6) is 0 Å². The molecule has 1 heterocycles. The molecule has 1 rings (SSSR count). The number of carboxylic acid groups (broad SMARTS) is 1. The number of esters is 1. The van der Waals surface area contributed by atoms with E-state index in [-0.39, 0.29) is 24.6 Å². The maximum absolute atomic E-state index is 11.2. The van der Waals surface area contributed by atoms with Crippen molar-refractivity contribution in [1.82, 2.24) is 0 Å². The van der Waals surface area contributed by atoms with Crippen LogP contribution in [0.15, 0.2) is 23.3 Å². The monoisotopic (exact) mass is 366 g/mol. The van der Waals surface area contributed by atoms with Gasteiger partial charge in [0.05, 0.1) is 6.61 Å². The molecule has 0 aromatic carbocycles. The highest BCUT2D eigenvalue weighted by Crippen LogP contribution is 2.31. The van der Waals surface area contributed by atoms with E-state index in [4.69, 9.17) is 9.84 Å². The molecule has 1 aliphatic heterocycles. The molecule has 0 bridgehead atoms. The van der Waals surface area contributed by atoms with Crippen LogP contribution in [-0.2, 0) is 14.3 Å². The third kappa shape index (κ3) is 7.73. The lowest BCUT2D eigenvalue weighted by Crippen LogP contribution is -2.50. The number of aliphatic carboxylic acids is 1. The van der Waals surface area contributed by atoms with Gasteiger partial charge in [-0.2, -0.15) is 0 Å². The molecule has 4 unspecified atom stereocenters. The van der Waals surface area contributed by atoms with Crippen LogP contribution in [0.3, 0.4) is 0 Å². The molecule has 0 aromatic rings. The van der Waals surface area contributed by atoms with Crippen molar-refractivity contribution < 1.29 is 24.5 Å². The van der Waals surface area contributed by atoms with E-state index in [9.17, 15) is 14.7 Å². The summed E-state index contributed by atoms with van der Waals surface area (Å²) in [4.78, 5) is 21.9. The van der Waals surface area contributed by atoms with Crippen molar-refractivity contribution >= 4 is 11.9 Å². The van der Waals surface area contributed by atoms with Crippen molar-refractivity contribution in [1.29, 1.82) is 0 Å². The lowest BCUT2D eigenvalue weighted by Gasteiger charge is -2.38. The van der Waals surface area contributed by atoms with Crippen molar-refractivity contribution in [3.8, 4) is 0 Å². The number of unbranched alkanes of at least 4 members (excludes halogenated alkanes) is 2. The minimum absolute atomic E-state index is 0.110. The summed E-state index contributed by atoms with van der Waals surface area (Å²) in [6, 6.07) is 0. The first-order chi connectivity index (χ1) is 12.2. The lowest BCUT2D eigenvalue weighted by molar-refractivity contribution is -0.195. The van der Waals surface area contributed by atoms with Gasteiger partial charge in [0.15, 0.2) is 0 Å². The number of carboxylic acids is 1. The molecular formula is C21H34O5. The van der Waals surface area contributed by atoms with Gasteiger partial charge in [-0.15, -0.1) is 0 Å². The number of cyclic esters (lactones) is 1. The van der Waals surface area contributed by atoms with Crippen LogP contribution in [0.1, 0.15) is 66.2 Å². The summed E-state index contributed by atoms with van der Waals surface area (Å²) in [5, 5.41) is 17.9. The van der Waals surface area contributed by atoms with Crippen LogP contribution < -0.4 is 0 Å². The zero-order chi connectivity index (χ0) is 19.7. The Kier molecular flexibility index (Phi) is 9.63. The SMILES string of the molecule is CC(=CC(=O)O)C=C(C)CC(C)CCCCCC(C)C1OC(=O)C1CO. The second-order valence-electron chi connectivity index (χ2n) is 7.83. The normalized spacial score (nSPS) is 23.2. The minimum atomic E-state index is -0.907. The number of aliphatic hydroxyl groups is 1. The van der Waals surface area contributed by atoms with Gasteiger partial charge in [0, 0.05) is 6.08 Å². The number of allylic oxidation sites excluding steroid dienone is 3. The van der Waals surface area contributed by atoms with Crippen LogP contribution in [0.2, 0.25) is 0 Å². The Labute approximate surface area is 157 Å². The van der Waals surface area contributed by atoms with Gasteiger partial charge in [0.1, 0.15) is 12.0 Å². The summed E-state index contributed by atoms with van der Waals surface area (Å²) >= 11 is 0. The summed E-state index contributed by atoms with van der Waals surface area (Å²) in [5.41, 5.74) is 1.98. The van der Waals surface area contributed by atoms with Crippen LogP contribution in [0.4, 0.5) is 0 Å². The number of rotatable bonds is 12.